The molecule has 0 saturated carbocycles. The standard InChI is InChI=1S/C10H15N3O/c1-10(2,3)13-5-4-7-8(13)9(14)12-6-11-7/h7-8H,4-5H2,1-3H3. The fraction of sp³-hybridized carbons (Fsp3) is 0.800. The number of amides is 1. The van der Waals surface area contributed by atoms with Crippen molar-refractivity contribution in [2.45, 2.75) is 44.8 Å². The van der Waals surface area contributed by atoms with Crippen LogP contribution in [0.5, 0.6) is 0 Å². The van der Waals surface area contributed by atoms with E-state index < -0.39 is 0 Å². The summed E-state index contributed by atoms with van der Waals surface area (Å²) in [6, 6.07) is 2.39. The molecule has 0 bridgehead atoms. The molecule has 1 fully saturated rings. The van der Waals surface area contributed by atoms with Crippen LogP contribution in [0.25, 0.3) is 0 Å². The van der Waals surface area contributed by atoms with E-state index >= 15 is 0 Å². The van der Waals surface area contributed by atoms with Gasteiger partial charge in [0.1, 0.15) is 6.04 Å². The summed E-state index contributed by atoms with van der Waals surface area (Å²) >= 11 is 0. The highest BCUT2D eigenvalue weighted by atomic mass is 16.2. The Balaban J connectivity index is 2.28. The van der Waals surface area contributed by atoms with Gasteiger partial charge in [-0.05, 0) is 27.2 Å². The molecule has 0 aromatic carbocycles. The van der Waals surface area contributed by atoms with Gasteiger partial charge < -0.3 is 0 Å². The van der Waals surface area contributed by atoms with Gasteiger partial charge in [-0.25, -0.2) is 4.99 Å². The van der Waals surface area contributed by atoms with Gasteiger partial charge >= 0.3 is 0 Å². The molecule has 2 heterocycles. The normalized spacial score (nSPS) is 32.4. The second-order valence-corrected chi connectivity index (χ2v) is 4.84. The summed E-state index contributed by atoms with van der Waals surface area (Å²) < 4.78 is 0. The van der Waals surface area contributed by atoms with Crippen LogP contribution in [-0.4, -0.2) is 41.0 Å². The molecule has 0 aliphatic carbocycles. The van der Waals surface area contributed by atoms with Crippen LogP contribution in [-0.2, 0) is 4.79 Å². The SMILES string of the molecule is CC(C)(C)N1CCC2N=C=NC(=O)C21. The van der Waals surface area contributed by atoms with Crippen LogP contribution in [0, 0.1) is 0 Å². The minimum absolute atomic E-state index is 0.0114. The molecule has 0 aromatic heterocycles. The van der Waals surface area contributed by atoms with E-state index in [0.717, 1.165) is 13.0 Å². The quantitative estimate of drug-likeness (QED) is 0.574. The molecule has 4 nitrogen and oxygen atoms in total. The summed E-state index contributed by atoms with van der Waals surface area (Å²) in [6.07, 6.45) is 0.941. The van der Waals surface area contributed by atoms with E-state index in [2.05, 4.69) is 41.7 Å². The molecule has 14 heavy (non-hydrogen) atoms. The van der Waals surface area contributed by atoms with E-state index in [9.17, 15) is 4.79 Å². The Morgan fingerprint density at radius 1 is 1.50 bits per heavy atom. The highest BCUT2D eigenvalue weighted by Gasteiger charge is 2.44. The first-order valence-electron chi connectivity index (χ1n) is 4.96. The number of likely N-dealkylation sites (tertiary alicyclic amines) is 1. The molecule has 0 aromatic rings. The fourth-order valence-corrected chi connectivity index (χ4v) is 2.18. The molecule has 2 unspecified atom stereocenters. The average Bonchev–Trinajstić information content (AvgIpc) is 2.47. The van der Waals surface area contributed by atoms with E-state index in [4.69, 9.17) is 0 Å². The third-order valence-electron chi connectivity index (χ3n) is 2.86. The van der Waals surface area contributed by atoms with Gasteiger partial charge in [-0.1, -0.05) is 0 Å². The minimum atomic E-state index is -0.142. The molecule has 2 atom stereocenters. The maximum absolute atomic E-state index is 11.6. The summed E-state index contributed by atoms with van der Waals surface area (Å²) in [5.41, 5.74) is 0.0114. The molecule has 2 aliphatic rings. The molecular formula is C10H15N3O. The summed E-state index contributed by atoms with van der Waals surface area (Å²) in [7, 11) is 0. The lowest BCUT2D eigenvalue weighted by molar-refractivity contribution is -0.124. The lowest BCUT2D eigenvalue weighted by atomic mass is 10.0. The van der Waals surface area contributed by atoms with Crippen molar-refractivity contribution in [2.24, 2.45) is 9.98 Å². The Morgan fingerprint density at radius 3 is 2.86 bits per heavy atom. The summed E-state index contributed by atoms with van der Waals surface area (Å²) in [4.78, 5) is 21.6. The lowest BCUT2D eigenvalue weighted by Gasteiger charge is -2.36. The van der Waals surface area contributed by atoms with E-state index in [-0.39, 0.29) is 23.5 Å². The minimum Gasteiger partial charge on any atom is -0.285 e. The Hall–Kier alpha value is -0.990. The molecule has 0 radical (unpaired) electrons. The van der Waals surface area contributed by atoms with E-state index in [0.29, 0.717) is 0 Å². The molecule has 2 rings (SSSR count). The Morgan fingerprint density at radius 2 is 2.21 bits per heavy atom. The van der Waals surface area contributed by atoms with Crippen molar-refractivity contribution in [3.63, 3.8) is 0 Å². The predicted molar refractivity (Wildman–Crippen MR) is 53.5 cm³/mol. The van der Waals surface area contributed by atoms with Crippen molar-refractivity contribution in [2.75, 3.05) is 6.54 Å². The van der Waals surface area contributed by atoms with Gasteiger partial charge in [-0.2, -0.15) is 0 Å². The van der Waals surface area contributed by atoms with Gasteiger partial charge in [0.25, 0.3) is 5.91 Å². The first-order valence-corrected chi connectivity index (χ1v) is 4.96. The van der Waals surface area contributed by atoms with Crippen molar-refractivity contribution in [1.82, 2.24) is 4.90 Å². The zero-order valence-corrected chi connectivity index (χ0v) is 8.82. The Labute approximate surface area is 83.7 Å². The number of hydrogen-bond acceptors (Lipinski definition) is 3. The monoisotopic (exact) mass is 193 g/mol. The Bertz CT molecular complexity index is 323. The van der Waals surface area contributed by atoms with Crippen LogP contribution >= 0.6 is 0 Å². The zero-order valence-electron chi connectivity index (χ0n) is 8.82. The third kappa shape index (κ3) is 1.41. The van der Waals surface area contributed by atoms with Crippen LogP contribution < -0.4 is 0 Å². The number of hydrogen-bond donors (Lipinski definition) is 0. The van der Waals surface area contributed by atoms with Crippen LogP contribution in [0.15, 0.2) is 9.98 Å². The predicted octanol–water partition coefficient (Wildman–Crippen LogP) is 0.942. The lowest BCUT2D eigenvalue weighted by Crippen LogP contribution is -2.50. The van der Waals surface area contributed by atoms with Crippen LogP contribution in [0.4, 0.5) is 0 Å². The second kappa shape index (κ2) is 3.01. The smallest absolute Gasteiger partial charge is 0.274 e. The van der Waals surface area contributed by atoms with Crippen LogP contribution in [0.3, 0.4) is 0 Å². The number of carbonyl (C=O) groups excluding carboxylic acids is 1. The molecule has 76 valence electrons. The Kier molecular flexibility index (Phi) is 2.05. The average molecular weight is 193 g/mol. The number of aliphatic imine (C=N–C) groups is 2. The largest absolute Gasteiger partial charge is 0.285 e. The van der Waals surface area contributed by atoms with Crippen molar-refractivity contribution in [3.05, 3.63) is 0 Å². The van der Waals surface area contributed by atoms with E-state index in [1.807, 2.05) is 0 Å². The topological polar surface area (TPSA) is 45.0 Å². The van der Waals surface area contributed by atoms with Crippen LogP contribution in [0.2, 0.25) is 0 Å². The van der Waals surface area contributed by atoms with Gasteiger partial charge in [0, 0.05) is 12.1 Å². The molecular weight excluding hydrogens is 178 g/mol. The first-order chi connectivity index (χ1) is 6.50. The molecule has 4 heteroatoms. The van der Waals surface area contributed by atoms with Gasteiger partial charge in [-0.3, -0.25) is 9.69 Å². The number of fused-ring (bicyclic) bond motifs is 1. The first kappa shape index (κ1) is 9.56. The summed E-state index contributed by atoms with van der Waals surface area (Å²) in [5, 5.41) is 0. The highest BCUT2D eigenvalue weighted by Crippen LogP contribution is 2.30. The number of carbonyl (C=O) groups is 1. The zero-order chi connectivity index (χ0) is 10.3. The van der Waals surface area contributed by atoms with Crippen molar-refractivity contribution in [1.29, 1.82) is 0 Å². The molecule has 1 amide bonds. The van der Waals surface area contributed by atoms with Crippen molar-refractivity contribution >= 4 is 11.9 Å². The molecule has 0 spiro atoms. The van der Waals surface area contributed by atoms with Gasteiger partial charge in [0.2, 0.25) is 0 Å². The molecule has 1 saturated heterocycles. The highest BCUT2D eigenvalue weighted by molar-refractivity contribution is 5.89. The van der Waals surface area contributed by atoms with E-state index in [1.54, 1.807) is 0 Å². The number of nitrogens with zero attached hydrogens (tertiary/aromatic N) is 3. The second-order valence-electron chi connectivity index (χ2n) is 4.84. The van der Waals surface area contributed by atoms with E-state index in [1.165, 1.54) is 0 Å². The summed E-state index contributed by atoms with van der Waals surface area (Å²) in [6.45, 7) is 7.27. The third-order valence-corrected chi connectivity index (χ3v) is 2.86. The maximum atomic E-state index is 11.6. The summed E-state index contributed by atoms with van der Waals surface area (Å²) in [5.74, 6) is -0.0857. The maximum Gasteiger partial charge on any atom is 0.274 e. The van der Waals surface area contributed by atoms with Crippen molar-refractivity contribution in [3.8, 4) is 0 Å². The fourth-order valence-electron chi connectivity index (χ4n) is 2.18. The molecule has 0 N–H and O–H groups in total. The number of rotatable bonds is 0. The van der Waals surface area contributed by atoms with Gasteiger partial charge in [0.05, 0.1) is 12.1 Å². The molecule has 2 aliphatic heterocycles. The van der Waals surface area contributed by atoms with Gasteiger partial charge in [-0.15, -0.1) is 4.99 Å². The van der Waals surface area contributed by atoms with Crippen molar-refractivity contribution < 1.29 is 4.79 Å². The van der Waals surface area contributed by atoms with Crippen LogP contribution in [0.1, 0.15) is 27.2 Å². The van der Waals surface area contributed by atoms with Gasteiger partial charge in [0.15, 0.2) is 0 Å².